The molecule has 118 valence electrons. The van der Waals surface area contributed by atoms with E-state index in [2.05, 4.69) is 24.4 Å². The van der Waals surface area contributed by atoms with Crippen molar-refractivity contribution >= 4 is 18.3 Å². The predicted octanol–water partition coefficient (Wildman–Crippen LogP) is 2.23. The van der Waals surface area contributed by atoms with Gasteiger partial charge in [0.05, 0.1) is 0 Å². The predicted molar refractivity (Wildman–Crippen MR) is 87.5 cm³/mol. The van der Waals surface area contributed by atoms with Crippen LogP contribution in [0.3, 0.4) is 0 Å². The molecular weight excluding hydrogens is 288 g/mol. The second-order valence-corrected chi connectivity index (χ2v) is 5.50. The smallest absolute Gasteiger partial charge is 0.260 e. The zero-order valence-corrected chi connectivity index (χ0v) is 13.9. The zero-order valence-electron chi connectivity index (χ0n) is 13.1. The SMILES string of the molecule is Cc1cc(C)c(OCC(=O)N2CCCNCC2)c(C)c1.Cl. The van der Waals surface area contributed by atoms with Crippen molar-refractivity contribution in [2.45, 2.75) is 27.2 Å². The summed E-state index contributed by atoms with van der Waals surface area (Å²) in [4.78, 5) is 14.1. The van der Waals surface area contributed by atoms with Gasteiger partial charge in [-0.2, -0.15) is 0 Å². The van der Waals surface area contributed by atoms with Crippen LogP contribution in [0.5, 0.6) is 5.75 Å². The molecule has 21 heavy (non-hydrogen) atoms. The fraction of sp³-hybridized carbons (Fsp3) is 0.562. The van der Waals surface area contributed by atoms with Crippen molar-refractivity contribution in [3.8, 4) is 5.75 Å². The highest BCUT2D eigenvalue weighted by molar-refractivity contribution is 5.85. The largest absolute Gasteiger partial charge is 0.483 e. The maximum absolute atomic E-state index is 12.2. The molecule has 1 aromatic carbocycles. The van der Waals surface area contributed by atoms with Gasteiger partial charge >= 0.3 is 0 Å². The second-order valence-electron chi connectivity index (χ2n) is 5.50. The molecule has 0 bridgehead atoms. The lowest BCUT2D eigenvalue weighted by Gasteiger charge is -2.21. The summed E-state index contributed by atoms with van der Waals surface area (Å²) in [6.07, 6.45) is 1.01. The van der Waals surface area contributed by atoms with Gasteiger partial charge in [0.15, 0.2) is 6.61 Å². The van der Waals surface area contributed by atoms with Gasteiger partial charge in [0, 0.05) is 19.6 Å². The topological polar surface area (TPSA) is 41.6 Å². The van der Waals surface area contributed by atoms with E-state index in [9.17, 15) is 4.79 Å². The van der Waals surface area contributed by atoms with Gasteiger partial charge in [-0.15, -0.1) is 12.4 Å². The van der Waals surface area contributed by atoms with Crippen LogP contribution in [0, 0.1) is 20.8 Å². The minimum atomic E-state index is 0. The van der Waals surface area contributed by atoms with Gasteiger partial charge in [-0.05, 0) is 44.9 Å². The van der Waals surface area contributed by atoms with E-state index in [4.69, 9.17) is 4.74 Å². The first-order chi connectivity index (χ1) is 9.58. The number of nitrogens with zero attached hydrogens (tertiary/aromatic N) is 1. The Morgan fingerprint density at radius 2 is 1.86 bits per heavy atom. The number of benzene rings is 1. The molecule has 5 heteroatoms. The molecule has 1 heterocycles. The van der Waals surface area contributed by atoms with Crippen LogP contribution in [0.25, 0.3) is 0 Å². The third-order valence-electron chi connectivity index (χ3n) is 3.64. The van der Waals surface area contributed by atoms with Crippen molar-refractivity contribution in [3.63, 3.8) is 0 Å². The second kappa shape index (κ2) is 8.25. The molecule has 2 rings (SSSR count). The Hall–Kier alpha value is -1.26. The van der Waals surface area contributed by atoms with Crippen molar-refractivity contribution in [2.75, 3.05) is 32.8 Å². The number of hydrogen-bond acceptors (Lipinski definition) is 3. The summed E-state index contributed by atoms with van der Waals surface area (Å²) >= 11 is 0. The maximum atomic E-state index is 12.2. The number of carbonyl (C=O) groups excluding carboxylic acids is 1. The minimum Gasteiger partial charge on any atom is -0.483 e. The summed E-state index contributed by atoms with van der Waals surface area (Å²) < 4.78 is 5.77. The third kappa shape index (κ3) is 4.90. The number of nitrogens with one attached hydrogen (secondary N) is 1. The number of hydrogen-bond donors (Lipinski definition) is 1. The van der Waals surface area contributed by atoms with E-state index in [0.29, 0.717) is 0 Å². The molecule has 4 nitrogen and oxygen atoms in total. The van der Waals surface area contributed by atoms with E-state index >= 15 is 0 Å². The summed E-state index contributed by atoms with van der Waals surface area (Å²) in [5.41, 5.74) is 3.40. The highest BCUT2D eigenvalue weighted by Gasteiger charge is 2.16. The molecule has 1 fully saturated rings. The number of ether oxygens (including phenoxy) is 1. The summed E-state index contributed by atoms with van der Waals surface area (Å²) in [5.74, 6) is 0.921. The number of carbonyl (C=O) groups is 1. The van der Waals surface area contributed by atoms with Crippen LogP contribution in [0.4, 0.5) is 0 Å². The van der Waals surface area contributed by atoms with Crippen LogP contribution in [-0.4, -0.2) is 43.6 Å². The Kier molecular flexibility index (Phi) is 6.99. The van der Waals surface area contributed by atoms with Crippen LogP contribution in [0.1, 0.15) is 23.1 Å². The third-order valence-corrected chi connectivity index (χ3v) is 3.64. The molecule has 1 aromatic rings. The average molecular weight is 313 g/mol. The first kappa shape index (κ1) is 17.8. The van der Waals surface area contributed by atoms with Gasteiger partial charge in [-0.3, -0.25) is 4.79 Å². The monoisotopic (exact) mass is 312 g/mol. The van der Waals surface area contributed by atoms with Crippen molar-refractivity contribution in [1.29, 1.82) is 0 Å². The van der Waals surface area contributed by atoms with E-state index in [-0.39, 0.29) is 24.9 Å². The van der Waals surface area contributed by atoms with Crippen LogP contribution >= 0.6 is 12.4 Å². The van der Waals surface area contributed by atoms with E-state index < -0.39 is 0 Å². The van der Waals surface area contributed by atoms with Crippen LogP contribution in [0.15, 0.2) is 12.1 Å². The molecule has 1 saturated heterocycles. The summed E-state index contributed by atoms with van der Waals surface area (Å²) in [6, 6.07) is 4.17. The Labute approximate surface area is 133 Å². The molecule has 0 radical (unpaired) electrons. The molecule has 0 saturated carbocycles. The van der Waals surface area contributed by atoms with Crippen molar-refractivity contribution < 1.29 is 9.53 Å². The van der Waals surface area contributed by atoms with E-state index in [1.54, 1.807) is 0 Å². The molecule has 0 atom stereocenters. The van der Waals surface area contributed by atoms with Gasteiger partial charge < -0.3 is 15.0 Å². The molecule has 0 spiro atoms. The van der Waals surface area contributed by atoms with Crippen molar-refractivity contribution in [3.05, 3.63) is 28.8 Å². The van der Waals surface area contributed by atoms with Crippen LogP contribution in [-0.2, 0) is 4.79 Å². The van der Waals surface area contributed by atoms with E-state index in [1.165, 1.54) is 5.56 Å². The van der Waals surface area contributed by atoms with Crippen LogP contribution in [0.2, 0.25) is 0 Å². The molecular formula is C16H25ClN2O2. The van der Waals surface area contributed by atoms with Gasteiger partial charge in [-0.1, -0.05) is 17.7 Å². The lowest BCUT2D eigenvalue weighted by atomic mass is 10.1. The van der Waals surface area contributed by atoms with E-state index in [1.807, 2.05) is 18.7 Å². The summed E-state index contributed by atoms with van der Waals surface area (Å²) in [5, 5.41) is 3.30. The standard InChI is InChI=1S/C16H24N2O2.ClH/c1-12-9-13(2)16(14(3)10-12)20-11-15(19)18-7-4-5-17-6-8-18;/h9-10,17H,4-8,11H2,1-3H3;1H. The average Bonchev–Trinajstić information content (AvgIpc) is 2.66. The summed E-state index contributed by atoms with van der Waals surface area (Å²) in [6.45, 7) is 9.69. The summed E-state index contributed by atoms with van der Waals surface area (Å²) in [7, 11) is 0. The lowest BCUT2D eigenvalue weighted by molar-refractivity contribution is -0.133. The van der Waals surface area contributed by atoms with Gasteiger partial charge in [-0.25, -0.2) is 0 Å². The number of amides is 1. The Balaban J connectivity index is 0.00000220. The van der Waals surface area contributed by atoms with Crippen LogP contribution < -0.4 is 10.1 Å². The highest BCUT2D eigenvalue weighted by Crippen LogP contribution is 2.24. The Morgan fingerprint density at radius 3 is 2.52 bits per heavy atom. The number of aryl methyl sites for hydroxylation is 3. The van der Waals surface area contributed by atoms with Gasteiger partial charge in [0.2, 0.25) is 0 Å². The maximum Gasteiger partial charge on any atom is 0.260 e. The quantitative estimate of drug-likeness (QED) is 0.930. The van der Waals surface area contributed by atoms with Crippen molar-refractivity contribution in [2.24, 2.45) is 0 Å². The number of halogens is 1. The van der Waals surface area contributed by atoms with Gasteiger partial charge in [0.1, 0.15) is 5.75 Å². The van der Waals surface area contributed by atoms with E-state index in [0.717, 1.165) is 49.5 Å². The lowest BCUT2D eigenvalue weighted by Crippen LogP contribution is -2.37. The molecule has 0 aromatic heterocycles. The fourth-order valence-corrected chi connectivity index (χ4v) is 2.71. The molecule has 1 aliphatic heterocycles. The molecule has 1 N–H and O–H groups in total. The van der Waals surface area contributed by atoms with Gasteiger partial charge in [0.25, 0.3) is 5.91 Å². The molecule has 0 aliphatic carbocycles. The normalized spacial score (nSPS) is 15.1. The molecule has 1 aliphatic rings. The number of rotatable bonds is 3. The fourth-order valence-electron chi connectivity index (χ4n) is 2.71. The minimum absolute atomic E-state index is 0. The molecule has 1 amide bonds. The van der Waals surface area contributed by atoms with Crippen molar-refractivity contribution in [1.82, 2.24) is 10.2 Å². The Bertz CT molecular complexity index is 460. The highest BCUT2D eigenvalue weighted by atomic mass is 35.5. The molecule has 0 unspecified atom stereocenters. The first-order valence-corrected chi connectivity index (χ1v) is 7.27. The first-order valence-electron chi connectivity index (χ1n) is 7.27. The zero-order chi connectivity index (χ0) is 14.5. The Morgan fingerprint density at radius 1 is 1.19 bits per heavy atom.